The summed E-state index contributed by atoms with van der Waals surface area (Å²) in [5, 5.41) is 0. The van der Waals surface area contributed by atoms with Crippen LogP contribution in [-0.2, 0) is 0 Å². The number of rotatable bonds is 1. The molecule has 1 atom stereocenters. The van der Waals surface area contributed by atoms with E-state index in [1.165, 1.54) is 16.7 Å². The van der Waals surface area contributed by atoms with E-state index in [1.54, 1.807) is 6.07 Å². The fraction of sp³-hybridized carbons (Fsp3) is 0.300. The Balaban J connectivity index is 2.33. The van der Waals surface area contributed by atoms with E-state index >= 15 is 0 Å². The molecule has 0 radical (unpaired) electrons. The topological polar surface area (TPSA) is 15.2 Å². The molecule has 0 amide bonds. The van der Waals surface area contributed by atoms with Crippen LogP contribution in [0.1, 0.15) is 23.6 Å². The van der Waals surface area contributed by atoms with Gasteiger partial charge >= 0.3 is 0 Å². The molecule has 24 heavy (non-hydrogen) atoms. The fourth-order valence-corrected chi connectivity index (χ4v) is 3.37. The second kappa shape index (κ2) is 5.58. The van der Waals surface area contributed by atoms with Gasteiger partial charge in [-0.15, -0.1) is 0 Å². The molecule has 1 aliphatic heterocycles. The predicted molar refractivity (Wildman–Crippen MR) is 99.6 cm³/mol. The van der Waals surface area contributed by atoms with Crippen molar-refractivity contribution in [3.05, 3.63) is 63.8 Å². The number of anilines is 3. The van der Waals surface area contributed by atoms with Gasteiger partial charge in [-0.2, -0.15) is 0 Å². The molecule has 2 aromatic carbocycles. The van der Waals surface area contributed by atoms with Gasteiger partial charge in [0.05, 0.1) is 18.8 Å². The van der Waals surface area contributed by atoms with Crippen LogP contribution in [0.15, 0.2) is 24.3 Å². The highest BCUT2D eigenvalue weighted by Gasteiger charge is 2.35. The van der Waals surface area contributed by atoms with Crippen molar-refractivity contribution in [2.24, 2.45) is 0 Å². The van der Waals surface area contributed by atoms with Crippen LogP contribution < -0.4 is 9.80 Å². The van der Waals surface area contributed by atoms with E-state index < -0.39 is 0 Å². The Morgan fingerprint density at radius 2 is 1.58 bits per heavy atom. The molecule has 0 saturated heterocycles. The van der Waals surface area contributed by atoms with Gasteiger partial charge in [-0.05, 0) is 56.5 Å². The molecule has 0 saturated carbocycles. The third-order valence-electron chi connectivity index (χ3n) is 4.97. The van der Waals surface area contributed by atoms with Crippen molar-refractivity contribution in [3.63, 3.8) is 0 Å². The summed E-state index contributed by atoms with van der Waals surface area (Å²) >= 11 is 0. The molecule has 2 aromatic rings. The van der Waals surface area contributed by atoms with E-state index in [2.05, 4.69) is 59.3 Å². The molecule has 0 bridgehead atoms. The van der Waals surface area contributed by atoms with Crippen molar-refractivity contribution in [3.8, 4) is 0 Å². The van der Waals surface area contributed by atoms with E-state index in [0.29, 0.717) is 11.4 Å². The zero-order valence-corrected chi connectivity index (χ0v) is 14.7. The quantitative estimate of drug-likeness (QED) is 0.632. The highest BCUT2D eigenvalue weighted by Crippen LogP contribution is 2.53. The Bertz CT molecular complexity index is 915. The second-order valence-corrected chi connectivity index (χ2v) is 6.36. The highest BCUT2D eigenvalue weighted by atomic mass is 15.4. The van der Waals surface area contributed by atoms with Crippen LogP contribution in [0.3, 0.4) is 0 Å². The fourth-order valence-electron chi connectivity index (χ4n) is 3.37. The van der Waals surface area contributed by atoms with Gasteiger partial charge < -0.3 is 9.80 Å². The number of benzene rings is 2. The first kappa shape index (κ1) is 15.9. The number of hydrogen-bond donors (Lipinski definition) is 0. The Morgan fingerprint density at radius 3 is 2.21 bits per heavy atom. The van der Waals surface area contributed by atoms with Crippen molar-refractivity contribution < 1.29 is 0 Å². The molecule has 4 nitrogen and oxygen atoms in total. The summed E-state index contributed by atoms with van der Waals surface area (Å²) in [6.07, 6.45) is 0.0855. The Hall–Kier alpha value is -2.98. The van der Waals surface area contributed by atoms with Gasteiger partial charge in [0.15, 0.2) is 5.69 Å². The summed E-state index contributed by atoms with van der Waals surface area (Å²) in [5.41, 5.74) is 7.47. The van der Waals surface area contributed by atoms with E-state index in [4.69, 9.17) is 13.1 Å². The van der Waals surface area contributed by atoms with Gasteiger partial charge in [-0.25, -0.2) is 4.85 Å². The lowest BCUT2D eigenvalue weighted by Gasteiger charge is -2.30. The minimum absolute atomic E-state index is 0.0855. The van der Waals surface area contributed by atoms with E-state index in [0.717, 1.165) is 17.1 Å². The standard InChI is InChI=1S/C20H20N4/c1-12-10-14(3)18(11-13(12)2)24-15(4)23(7)17-9-8-16(21-5)19(22-6)20(17)24/h8-11,15H,1-4,7H3/t15-/m0/s1. The molecule has 3 rings (SSSR count). The number of nitrogens with zero attached hydrogens (tertiary/aromatic N) is 4. The first-order valence-corrected chi connectivity index (χ1v) is 7.92. The van der Waals surface area contributed by atoms with Gasteiger partial charge in [0.2, 0.25) is 5.69 Å². The molecule has 1 heterocycles. The van der Waals surface area contributed by atoms with Gasteiger partial charge in [-0.3, -0.25) is 4.85 Å². The first-order valence-electron chi connectivity index (χ1n) is 7.92. The largest absolute Gasteiger partial charge is 0.354 e. The molecular weight excluding hydrogens is 296 g/mol. The van der Waals surface area contributed by atoms with Crippen LogP contribution in [-0.4, -0.2) is 13.2 Å². The van der Waals surface area contributed by atoms with Gasteiger partial charge in [-0.1, -0.05) is 12.1 Å². The van der Waals surface area contributed by atoms with Gasteiger partial charge in [0.1, 0.15) is 6.17 Å². The number of aryl methyl sites for hydroxylation is 3. The monoisotopic (exact) mass is 316 g/mol. The lowest BCUT2D eigenvalue weighted by atomic mass is 10.0. The molecule has 0 aliphatic carbocycles. The maximum atomic E-state index is 7.61. The number of fused-ring (bicyclic) bond motifs is 1. The summed E-state index contributed by atoms with van der Waals surface area (Å²) < 4.78 is 0. The summed E-state index contributed by atoms with van der Waals surface area (Å²) in [4.78, 5) is 11.6. The first-order chi connectivity index (χ1) is 11.4. The number of hydrogen-bond acceptors (Lipinski definition) is 2. The lowest BCUT2D eigenvalue weighted by molar-refractivity contribution is 0.732. The molecule has 0 N–H and O–H groups in total. The van der Waals surface area contributed by atoms with Crippen molar-refractivity contribution in [2.75, 3.05) is 16.8 Å². The van der Waals surface area contributed by atoms with Crippen molar-refractivity contribution in [1.29, 1.82) is 0 Å². The van der Waals surface area contributed by atoms with Crippen molar-refractivity contribution in [2.45, 2.75) is 33.9 Å². The molecule has 4 heteroatoms. The third kappa shape index (κ3) is 2.12. The second-order valence-electron chi connectivity index (χ2n) is 6.36. The summed E-state index contributed by atoms with van der Waals surface area (Å²) in [7, 11) is 2.03. The predicted octanol–water partition coefficient (Wildman–Crippen LogP) is 5.65. The molecule has 0 aromatic heterocycles. The Labute approximate surface area is 143 Å². The smallest absolute Gasteiger partial charge is 0.219 e. The normalized spacial score (nSPS) is 15.9. The van der Waals surface area contributed by atoms with Gasteiger partial charge in [0.25, 0.3) is 0 Å². The van der Waals surface area contributed by atoms with E-state index in [9.17, 15) is 0 Å². The van der Waals surface area contributed by atoms with Crippen LogP contribution in [0.4, 0.5) is 28.4 Å². The molecule has 0 fully saturated rings. The Morgan fingerprint density at radius 1 is 0.917 bits per heavy atom. The zero-order valence-electron chi connectivity index (χ0n) is 14.7. The summed E-state index contributed by atoms with van der Waals surface area (Å²) in [5.74, 6) is 0. The van der Waals surface area contributed by atoms with E-state index in [-0.39, 0.29) is 6.17 Å². The van der Waals surface area contributed by atoms with Crippen LogP contribution in [0, 0.1) is 33.9 Å². The van der Waals surface area contributed by atoms with Crippen molar-refractivity contribution >= 4 is 28.4 Å². The highest BCUT2D eigenvalue weighted by molar-refractivity contribution is 5.99. The summed E-state index contributed by atoms with van der Waals surface area (Å²) in [6, 6.07) is 8.07. The van der Waals surface area contributed by atoms with Crippen molar-refractivity contribution in [1.82, 2.24) is 0 Å². The zero-order chi connectivity index (χ0) is 17.6. The Kier molecular flexibility index (Phi) is 3.70. The summed E-state index contributed by atoms with van der Waals surface area (Å²) in [6.45, 7) is 23.4. The molecule has 0 spiro atoms. The van der Waals surface area contributed by atoms with Crippen LogP contribution in [0.25, 0.3) is 9.69 Å². The molecule has 0 unspecified atom stereocenters. The van der Waals surface area contributed by atoms with Crippen LogP contribution >= 0.6 is 0 Å². The minimum atomic E-state index is 0.0855. The third-order valence-corrected chi connectivity index (χ3v) is 4.97. The van der Waals surface area contributed by atoms with Crippen LogP contribution in [0.5, 0.6) is 0 Å². The van der Waals surface area contributed by atoms with E-state index in [1.807, 2.05) is 13.1 Å². The maximum Gasteiger partial charge on any atom is 0.219 e. The average Bonchev–Trinajstić information content (AvgIpc) is 2.81. The molecule has 120 valence electrons. The lowest BCUT2D eigenvalue weighted by Crippen LogP contribution is -2.36. The maximum absolute atomic E-state index is 7.61. The SMILES string of the molecule is [C-]#[N+]c1ccc2c(c1[N+]#[C-])N(c1cc(C)c(C)cc1C)[C@@H](C)N2C. The minimum Gasteiger partial charge on any atom is -0.354 e. The van der Waals surface area contributed by atoms with Gasteiger partial charge in [0, 0.05) is 18.4 Å². The van der Waals surface area contributed by atoms with Crippen LogP contribution in [0.2, 0.25) is 0 Å². The molecular formula is C20H20N4. The molecule has 1 aliphatic rings. The average molecular weight is 316 g/mol.